The van der Waals surface area contributed by atoms with E-state index in [0.717, 1.165) is 29.3 Å². The summed E-state index contributed by atoms with van der Waals surface area (Å²) in [5.74, 6) is -0.311. The Kier molecular flexibility index (Phi) is 5.29. The molecule has 0 aliphatic heterocycles. The number of fused-ring (bicyclic) bond motifs is 3. The van der Waals surface area contributed by atoms with Gasteiger partial charge in [0.2, 0.25) is 5.76 Å². The number of nitrogens with one attached hydrogen (secondary N) is 2. The zero-order valence-electron chi connectivity index (χ0n) is 17.3. The molecule has 0 radical (unpaired) electrons. The molecular formula is C25H21N3O4. The molecule has 0 fully saturated rings. The van der Waals surface area contributed by atoms with Crippen molar-refractivity contribution in [3.05, 3.63) is 89.0 Å². The molecule has 0 atom stereocenters. The number of amides is 1. The van der Waals surface area contributed by atoms with Gasteiger partial charge >= 0.3 is 5.97 Å². The molecule has 1 aliphatic rings. The predicted octanol–water partition coefficient (Wildman–Crippen LogP) is 4.62. The summed E-state index contributed by atoms with van der Waals surface area (Å²) in [7, 11) is 0. The van der Waals surface area contributed by atoms with Gasteiger partial charge in [0.1, 0.15) is 5.75 Å². The monoisotopic (exact) mass is 427 g/mol. The normalized spacial score (nSPS) is 13.2. The van der Waals surface area contributed by atoms with Crippen molar-refractivity contribution in [3.8, 4) is 5.75 Å². The molecule has 0 bridgehead atoms. The first-order chi connectivity index (χ1) is 15.7. The standard InChI is InChI=1S/C25H21N3O4/c29-24(17-9-12-22-20(14-17)19-4-1-2-5-21(19)27-22)28-26-15-16-7-10-18(11-8-16)32-25(30)23-6-3-13-31-23/h3,6-15,27H,1-2,4-5H2,(H,28,29)/b26-15+. The third-order valence-electron chi connectivity index (χ3n) is 5.55. The Labute approximate surface area is 184 Å². The molecule has 32 heavy (non-hydrogen) atoms. The number of aromatic nitrogens is 1. The molecule has 0 saturated carbocycles. The minimum atomic E-state index is -0.565. The molecule has 2 aromatic heterocycles. The number of nitrogens with zero attached hydrogens (tertiary/aromatic N) is 1. The van der Waals surface area contributed by atoms with E-state index in [2.05, 4.69) is 15.5 Å². The van der Waals surface area contributed by atoms with Gasteiger partial charge in [-0.1, -0.05) is 0 Å². The van der Waals surface area contributed by atoms with Crippen molar-refractivity contribution in [2.45, 2.75) is 25.7 Å². The second-order valence-corrected chi connectivity index (χ2v) is 7.68. The lowest BCUT2D eigenvalue weighted by atomic mass is 9.95. The fourth-order valence-corrected chi connectivity index (χ4v) is 3.95. The number of furan rings is 1. The number of H-pyrrole nitrogens is 1. The lowest BCUT2D eigenvalue weighted by Gasteiger charge is -2.10. The highest BCUT2D eigenvalue weighted by molar-refractivity contribution is 5.99. The topological polar surface area (TPSA) is 96.7 Å². The summed E-state index contributed by atoms with van der Waals surface area (Å²) < 4.78 is 10.2. The molecule has 0 unspecified atom stereocenters. The SMILES string of the molecule is O=C(N/N=C/c1ccc(OC(=O)c2ccco2)cc1)c1ccc2[nH]c3c(c2c1)CCCC3. The number of hydrazone groups is 1. The van der Waals surface area contributed by atoms with Crippen molar-refractivity contribution in [1.29, 1.82) is 0 Å². The molecule has 2 aromatic carbocycles. The first kappa shape index (κ1) is 19.8. The van der Waals surface area contributed by atoms with Gasteiger partial charge in [-0.05, 0) is 91.4 Å². The maximum absolute atomic E-state index is 12.6. The van der Waals surface area contributed by atoms with E-state index in [9.17, 15) is 9.59 Å². The summed E-state index contributed by atoms with van der Waals surface area (Å²) in [6, 6.07) is 15.6. The van der Waals surface area contributed by atoms with Gasteiger partial charge in [-0.3, -0.25) is 4.79 Å². The molecule has 0 saturated heterocycles. The summed E-state index contributed by atoms with van der Waals surface area (Å²) in [5, 5.41) is 5.17. The van der Waals surface area contributed by atoms with Crippen LogP contribution in [0.1, 0.15) is 50.6 Å². The fraction of sp³-hybridized carbons (Fsp3) is 0.160. The summed E-state index contributed by atoms with van der Waals surface area (Å²) in [4.78, 5) is 27.9. The molecular weight excluding hydrogens is 406 g/mol. The van der Waals surface area contributed by atoms with E-state index >= 15 is 0 Å². The van der Waals surface area contributed by atoms with E-state index in [1.54, 1.807) is 36.4 Å². The van der Waals surface area contributed by atoms with Crippen LogP contribution in [0.2, 0.25) is 0 Å². The Morgan fingerprint density at radius 1 is 1.06 bits per heavy atom. The van der Waals surface area contributed by atoms with E-state index in [4.69, 9.17) is 9.15 Å². The number of aryl methyl sites for hydroxylation is 2. The fourth-order valence-electron chi connectivity index (χ4n) is 3.95. The highest BCUT2D eigenvalue weighted by Gasteiger charge is 2.16. The quantitative estimate of drug-likeness (QED) is 0.210. The van der Waals surface area contributed by atoms with E-state index in [1.807, 2.05) is 12.1 Å². The molecule has 1 aliphatic carbocycles. The van der Waals surface area contributed by atoms with Crippen LogP contribution in [0.3, 0.4) is 0 Å². The van der Waals surface area contributed by atoms with E-state index in [-0.39, 0.29) is 11.7 Å². The van der Waals surface area contributed by atoms with Crippen LogP contribution in [-0.2, 0) is 12.8 Å². The molecule has 5 rings (SSSR count). The number of ether oxygens (including phenoxy) is 1. The van der Waals surface area contributed by atoms with Gasteiger partial charge < -0.3 is 14.1 Å². The summed E-state index contributed by atoms with van der Waals surface area (Å²) >= 11 is 0. The van der Waals surface area contributed by atoms with Crippen LogP contribution in [-0.4, -0.2) is 23.1 Å². The third kappa shape index (κ3) is 4.05. The predicted molar refractivity (Wildman–Crippen MR) is 120 cm³/mol. The van der Waals surface area contributed by atoms with Crippen LogP contribution in [0.15, 0.2) is 70.4 Å². The molecule has 4 aromatic rings. The van der Waals surface area contributed by atoms with Crippen molar-refractivity contribution in [1.82, 2.24) is 10.4 Å². The first-order valence-corrected chi connectivity index (χ1v) is 10.5. The van der Waals surface area contributed by atoms with Gasteiger partial charge in [0.05, 0.1) is 12.5 Å². The number of hydrogen-bond donors (Lipinski definition) is 2. The largest absolute Gasteiger partial charge is 0.457 e. The Bertz CT molecular complexity index is 1300. The Morgan fingerprint density at radius 2 is 1.91 bits per heavy atom. The number of carbonyl (C=O) groups excluding carboxylic acids is 2. The minimum absolute atomic E-state index is 0.136. The Balaban J connectivity index is 1.22. The number of esters is 1. The van der Waals surface area contributed by atoms with Crippen molar-refractivity contribution < 1.29 is 18.7 Å². The first-order valence-electron chi connectivity index (χ1n) is 10.5. The number of rotatable bonds is 5. The van der Waals surface area contributed by atoms with Gasteiger partial charge in [-0.2, -0.15) is 5.10 Å². The zero-order chi connectivity index (χ0) is 21.9. The van der Waals surface area contributed by atoms with E-state index in [0.29, 0.717) is 11.3 Å². The third-order valence-corrected chi connectivity index (χ3v) is 5.55. The Morgan fingerprint density at radius 3 is 2.72 bits per heavy atom. The maximum atomic E-state index is 12.6. The molecule has 160 valence electrons. The molecule has 2 N–H and O–H groups in total. The van der Waals surface area contributed by atoms with Crippen molar-refractivity contribution in [2.24, 2.45) is 5.10 Å². The van der Waals surface area contributed by atoms with Crippen molar-refractivity contribution in [3.63, 3.8) is 0 Å². The van der Waals surface area contributed by atoms with Gasteiger partial charge in [0.15, 0.2) is 0 Å². The molecule has 7 nitrogen and oxygen atoms in total. The summed E-state index contributed by atoms with van der Waals surface area (Å²) in [6.45, 7) is 0. The second-order valence-electron chi connectivity index (χ2n) is 7.68. The number of aromatic amines is 1. The summed E-state index contributed by atoms with van der Waals surface area (Å²) in [6.07, 6.45) is 7.44. The highest BCUT2D eigenvalue weighted by atomic mass is 16.5. The highest BCUT2D eigenvalue weighted by Crippen LogP contribution is 2.29. The van der Waals surface area contributed by atoms with Gasteiger partial charge in [-0.25, -0.2) is 10.2 Å². The smallest absolute Gasteiger partial charge is 0.379 e. The molecule has 1 amide bonds. The van der Waals surface area contributed by atoms with E-state index < -0.39 is 5.97 Å². The van der Waals surface area contributed by atoms with Crippen LogP contribution >= 0.6 is 0 Å². The molecule has 2 heterocycles. The minimum Gasteiger partial charge on any atom is -0.457 e. The van der Waals surface area contributed by atoms with Crippen LogP contribution in [0.25, 0.3) is 10.9 Å². The maximum Gasteiger partial charge on any atom is 0.379 e. The molecule has 0 spiro atoms. The van der Waals surface area contributed by atoms with Crippen LogP contribution in [0.5, 0.6) is 5.75 Å². The van der Waals surface area contributed by atoms with Gasteiger partial charge in [-0.15, -0.1) is 0 Å². The van der Waals surface area contributed by atoms with E-state index in [1.165, 1.54) is 42.6 Å². The average Bonchev–Trinajstić information content (AvgIpc) is 3.48. The molecule has 7 heteroatoms. The Hall–Kier alpha value is -4.13. The van der Waals surface area contributed by atoms with Crippen LogP contribution < -0.4 is 10.2 Å². The number of benzene rings is 2. The second kappa shape index (κ2) is 8.55. The lowest BCUT2D eigenvalue weighted by Crippen LogP contribution is -2.17. The summed E-state index contributed by atoms with van der Waals surface area (Å²) in [5.41, 5.74) is 7.59. The van der Waals surface area contributed by atoms with Gasteiger partial charge in [0.25, 0.3) is 5.91 Å². The van der Waals surface area contributed by atoms with Crippen LogP contribution in [0, 0.1) is 0 Å². The van der Waals surface area contributed by atoms with Gasteiger partial charge in [0, 0.05) is 22.2 Å². The lowest BCUT2D eigenvalue weighted by molar-refractivity contribution is 0.0701. The van der Waals surface area contributed by atoms with Crippen molar-refractivity contribution in [2.75, 3.05) is 0 Å². The van der Waals surface area contributed by atoms with Crippen LogP contribution in [0.4, 0.5) is 0 Å². The van der Waals surface area contributed by atoms with Crippen molar-refractivity contribution >= 4 is 29.0 Å². The number of hydrogen-bond acceptors (Lipinski definition) is 5. The average molecular weight is 427 g/mol. The zero-order valence-corrected chi connectivity index (χ0v) is 17.3. The number of carbonyl (C=O) groups is 2.